The summed E-state index contributed by atoms with van der Waals surface area (Å²) in [7, 11) is 0. The molecule has 108 valence electrons. The normalized spacial score (nSPS) is 14.5. The highest BCUT2D eigenvalue weighted by molar-refractivity contribution is 5.38. The zero-order chi connectivity index (χ0) is 15.9. The van der Waals surface area contributed by atoms with Crippen molar-refractivity contribution in [2.45, 2.75) is 59.6 Å². The Kier molecular flexibility index (Phi) is 3.67. The molecule has 0 aromatic heterocycles. The molecule has 0 radical (unpaired) electrons. The Labute approximate surface area is 115 Å². The molecular weight excluding hydrogens is 249 g/mol. The SMILES string of the molecule is [2H]c1cc(C(F)(F)F)cc(C(C)(C)C)c1CC(C)(C)C. The number of benzene rings is 1. The number of rotatable bonds is 1. The smallest absolute Gasteiger partial charge is 0.166 e. The van der Waals surface area contributed by atoms with Crippen LogP contribution in [-0.2, 0) is 18.0 Å². The lowest BCUT2D eigenvalue weighted by molar-refractivity contribution is -0.137. The third-order valence-electron chi connectivity index (χ3n) is 2.87. The number of hydrogen-bond donors (Lipinski definition) is 0. The summed E-state index contributed by atoms with van der Waals surface area (Å²) in [6, 6.07) is 2.13. The van der Waals surface area contributed by atoms with Gasteiger partial charge in [-0.25, -0.2) is 0 Å². The van der Waals surface area contributed by atoms with Crippen molar-refractivity contribution in [3.63, 3.8) is 0 Å². The molecule has 0 amide bonds. The van der Waals surface area contributed by atoms with Crippen molar-refractivity contribution in [1.29, 1.82) is 0 Å². The molecule has 0 bridgehead atoms. The molecule has 0 nitrogen and oxygen atoms in total. The van der Waals surface area contributed by atoms with Crippen LogP contribution in [0.2, 0.25) is 0 Å². The summed E-state index contributed by atoms with van der Waals surface area (Å²) in [6.07, 6.45) is -3.81. The lowest BCUT2D eigenvalue weighted by Crippen LogP contribution is -2.20. The van der Waals surface area contributed by atoms with Gasteiger partial charge in [-0.2, -0.15) is 13.2 Å². The van der Waals surface area contributed by atoms with Crippen LogP contribution in [0.15, 0.2) is 18.2 Å². The zero-order valence-corrected chi connectivity index (χ0v) is 12.5. The highest BCUT2D eigenvalue weighted by Gasteiger charge is 2.32. The minimum absolute atomic E-state index is 0.0142. The van der Waals surface area contributed by atoms with E-state index in [1.807, 2.05) is 41.5 Å². The van der Waals surface area contributed by atoms with Crippen LogP contribution >= 0.6 is 0 Å². The average molecular weight is 273 g/mol. The first-order valence-electron chi connectivity index (χ1n) is 6.93. The van der Waals surface area contributed by atoms with E-state index >= 15 is 0 Å². The second kappa shape index (κ2) is 4.84. The first-order valence-corrected chi connectivity index (χ1v) is 6.43. The van der Waals surface area contributed by atoms with Crippen LogP contribution in [0.3, 0.4) is 0 Å². The van der Waals surface area contributed by atoms with Gasteiger partial charge in [0.15, 0.2) is 0 Å². The summed E-state index contributed by atoms with van der Waals surface area (Å²) in [5.74, 6) is 0. The van der Waals surface area contributed by atoms with Crippen LogP contribution in [0.5, 0.6) is 0 Å². The van der Waals surface area contributed by atoms with Crippen molar-refractivity contribution in [3.8, 4) is 0 Å². The number of halogens is 3. The largest absolute Gasteiger partial charge is 0.416 e. The van der Waals surface area contributed by atoms with Crippen molar-refractivity contribution >= 4 is 0 Å². The van der Waals surface area contributed by atoms with Gasteiger partial charge >= 0.3 is 6.18 Å². The van der Waals surface area contributed by atoms with Crippen LogP contribution in [0, 0.1) is 5.41 Å². The van der Waals surface area contributed by atoms with E-state index in [4.69, 9.17) is 1.37 Å². The fourth-order valence-electron chi connectivity index (χ4n) is 2.04. The minimum atomic E-state index is -4.41. The molecule has 0 N–H and O–H groups in total. The van der Waals surface area contributed by atoms with Gasteiger partial charge < -0.3 is 0 Å². The monoisotopic (exact) mass is 273 g/mol. The summed E-state index contributed by atoms with van der Waals surface area (Å²) >= 11 is 0. The lowest BCUT2D eigenvalue weighted by Gasteiger charge is -2.28. The Bertz CT molecular complexity index is 488. The van der Waals surface area contributed by atoms with Crippen molar-refractivity contribution in [3.05, 3.63) is 34.9 Å². The van der Waals surface area contributed by atoms with Crippen molar-refractivity contribution in [2.24, 2.45) is 5.41 Å². The maximum absolute atomic E-state index is 12.9. The summed E-state index contributed by atoms with van der Waals surface area (Å²) in [4.78, 5) is 0. The highest BCUT2D eigenvalue weighted by atomic mass is 19.4. The summed E-state index contributed by atoms with van der Waals surface area (Å²) in [5.41, 5.74) is 0.114. The van der Waals surface area contributed by atoms with Gasteiger partial charge in [0.1, 0.15) is 0 Å². The Morgan fingerprint density at radius 2 is 1.58 bits per heavy atom. The van der Waals surface area contributed by atoms with E-state index in [2.05, 4.69) is 0 Å². The fraction of sp³-hybridized carbons (Fsp3) is 0.625. The maximum Gasteiger partial charge on any atom is 0.416 e. The molecule has 1 aromatic carbocycles. The molecule has 0 heterocycles. The molecule has 0 aliphatic heterocycles. The van der Waals surface area contributed by atoms with E-state index in [0.29, 0.717) is 12.0 Å². The van der Waals surface area contributed by atoms with Crippen molar-refractivity contribution < 1.29 is 14.5 Å². The fourth-order valence-corrected chi connectivity index (χ4v) is 2.04. The van der Waals surface area contributed by atoms with Crippen LogP contribution in [0.4, 0.5) is 13.2 Å². The topological polar surface area (TPSA) is 0 Å². The molecule has 0 aliphatic carbocycles. The van der Waals surface area contributed by atoms with Crippen molar-refractivity contribution in [2.75, 3.05) is 0 Å². The predicted molar refractivity (Wildman–Crippen MR) is 73.3 cm³/mol. The van der Waals surface area contributed by atoms with E-state index in [0.717, 1.165) is 11.6 Å². The van der Waals surface area contributed by atoms with Gasteiger partial charge in [0.05, 0.1) is 6.93 Å². The second-order valence-corrected chi connectivity index (χ2v) is 7.27. The first-order chi connectivity index (χ1) is 8.72. The summed E-state index contributed by atoms with van der Waals surface area (Å²) in [5, 5.41) is 0. The van der Waals surface area contributed by atoms with Crippen LogP contribution in [-0.4, -0.2) is 0 Å². The lowest BCUT2D eigenvalue weighted by atomic mass is 9.78. The van der Waals surface area contributed by atoms with Crippen LogP contribution in [0.1, 0.15) is 59.6 Å². The van der Waals surface area contributed by atoms with E-state index in [1.165, 1.54) is 6.07 Å². The highest BCUT2D eigenvalue weighted by Crippen LogP contribution is 2.36. The van der Waals surface area contributed by atoms with Gasteiger partial charge in [-0.05, 0) is 40.5 Å². The molecule has 0 spiro atoms. The third-order valence-corrected chi connectivity index (χ3v) is 2.87. The zero-order valence-electron chi connectivity index (χ0n) is 13.5. The third kappa shape index (κ3) is 4.55. The molecule has 0 fully saturated rings. The van der Waals surface area contributed by atoms with Gasteiger partial charge in [0.2, 0.25) is 0 Å². The molecule has 1 aromatic rings. The molecule has 1 rings (SSSR count). The number of hydrogen-bond acceptors (Lipinski definition) is 0. The van der Waals surface area contributed by atoms with E-state index < -0.39 is 17.2 Å². The Morgan fingerprint density at radius 3 is 1.95 bits per heavy atom. The predicted octanol–water partition coefficient (Wildman–Crippen LogP) is 5.59. The van der Waals surface area contributed by atoms with Crippen LogP contribution < -0.4 is 0 Å². The Balaban J connectivity index is 3.52. The molecule has 0 saturated carbocycles. The van der Waals surface area contributed by atoms with E-state index in [-0.39, 0.29) is 11.5 Å². The molecular formula is C16H23F3. The summed E-state index contributed by atoms with van der Waals surface area (Å²) < 4.78 is 46.8. The molecule has 3 heteroatoms. The molecule has 0 unspecified atom stereocenters. The molecule has 0 aliphatic rings. The Morgan fingerprint density at radius 1 is 1.05 bits per heavy atom. The molecule has 19 heavy (non-hydrogen) atoms. The first kappa shape index (κ1) is 14.4. The average Bonchev–Trinajstić information content (AvgIpc) is 2.15. The van der Waals surface area contributed by atoms with E-state index in [9.17, 15) is 13.2 Å². The standard InChI is InChI=1S/C16H23F3/c1-14(2,3)10-11-7-8-12(16(17,18)19)9-13(11)15(4,5)6/h7-9H,10H2,1-6H3/i7D. The number of alkyl halides is 3. The Hall–Kier alpha value is -0.990. The maximum atomic E-state index is 12.9. The van der Waals surface area contributed by atoms with Gasteiger partial charge in [0.25, 0.3) is 0 Å². The second-order valence-electron chi connectivity index (χ2n) is 7.27. The van der Waals surface area contributed by atoms with Crippen molar-refractivity contribution in [1.82, 2.24) is 0 Å². The van der Waals surface area contributed by atoms with Gasteiger partial charge in [-0.15, -0.1) is 0 Å². The quantitative estimate of drug-likeness (QED) is 0.625. The molecule has 0 saturated heterocycles. The minimum Gasteiger partial charge on any atom is -0.166 e. The van der Waals surface area contributed by atoms with Gasteiger partial charge in [-0.1, -0.05) is 47.6 Å². The van der Waals surface area contributed by atoms with E-state index in [1.54, 1.807) is 0 Å². The summed E-state index contributed by atoms with van der Waals surface area (Å²) in [6.45, 7) is 11.7. The van der Waals surface area contributed by atoms with Gasteiger partial charge in [0, 0.05) is 0 Å². The molecule has 0 atom stereocenters. The van der Waals surface area contributed by atoms with Gasteiger partial charge in [-0.3, -0.25) is 0 Å². The van der Waals surface area contributed by atoms with Crippen LogP contribution in [0.25, 0.3) is 0 Å².